The molecule has 0 spiro atoms. The Morgan fingerprint density at radius 2 is 2.00 bits per heavy atom. The lowest BCUT2D eigenvalue weighted by molar-refractivity contribution is -0.119. The summed E-state index contributed by atoms with van der Waals surface area (Å²) in [5.74, 6) is 0.230. The number of anilines is 1. The minimum Gasteiger partial charge on any atom is -0.378 e. The van der Waals surface area contributed by atoms with Gasteiger partial charge in [-0.2, -0.15) is 0 Å². The van der Waals surface area contributed by atoms with Crippen LogP contribution in [0.5, 0.6) is 0 Å². The summed E-state index contributed by atoms with van der Waals surface area (Å²) in [5.41, 5.74) is 7.74. The van der Waals surface area contributed by atoms with Crippen molar-refractivity contribution in [3.8, 4) is 0 Å². The normalized spacial score (nSPS) is 21.5. The fourth-order valence-corrected chi connectivity index (χ4v) is 2.96. The fourth-order valence-electron chi connectivity index (χ4n) is 2.96. The first-order valence-electron chi connectivity index (χ1n) is 8.00. The van der Waals surface area contributed by atoms with Crippen LogP contribution in [0, 0.1) is 0 Å². The van der Waals surface area contributed by atoms with E-state index >= 15 is 0 Å². The van der Waals surface area contributed by atoms with Gasteiger partial charge in [-0.3, -0.25) is 4.79 Å². The zero-order chi connectivity index (χ0) is 14.7. The molecule has 4 heteroatoms. The van der Waals surface area contributed by atoms with Gasteiger partial charge in [0.05, 0.1) is 6.10 Å². The third-order valence-corrected chi connectivity index (χ3v) is 4.34. The predicted molar refractivity (Wildman–Crippen MR) is 83.0 cm³/mol. The highest BCUT2D eigenvalue weighted by molar-refractivity contribution is 5.94. The molecule has 1 amide bonds. The van der Waals surface area contributed by atoms with E-state index in [-0.39, 0.29) is 12.0 Å². The molecule has 1 saturated carbocycles. The molecular formula is C17H24N2O2. The van der Waals surface area contributed by atoms with Crippen molar-refractivity contribution in [3.63, 3.8) is 0 Å². The quantitative estimate of drug-likeness (QED) is 0.875. The van der Waals surface area contributed by atoms with E-state index in [0.717, 1.165) is 50.0 Å². The molecule has 21 heavy (non-hydrogen) atoms. The lowest BCUT2D eigenvalue weighted by Gasteiger charge is -2.23. The Kier molecular flexibility index (Phi) is 4.56. The van der Waals surface area contributed by atoms with Crippen molar-refractivity contribution >= 4 is 11.6 Å². The maximum absolute atomic E-state index is 12.6. The molecule has 1 saturated heterocycles. The van der Waals surface area contributed by atoms with Gasteiger partial charge in [0, 0.05) is 31.3 Å². The van der Waals surface area contributed by atoms with Crippen LogP contribution in [0.3, 0.4) is 0 Å². The predicted octanol–water partition coefficient (Wildman–Crippen LogP) is 2.60. The number of hydrogen-bond acceptors (Lipinski definition) is 3. The Labute approximate surface area is 126 Å². The van der Waals surface area contributed by atoms with Gasteiger partial charge in [0.15, 0.2) is 0 Å². The standard InChI is InChI=1S/C17H24N2O2/c18-12-13-3-5-14(6-4-13)19(15-7-8-15)17(20)10-9-16-2-1-11-21-16/h3-6,15-16H,1-2,7-12,18H2. The largest absolute Gasteiger partial charge is 0.378 e. The first-order valence-corrected chi connectivity index (χ1v) is 8.00. The van der Waals surface area contributed by atoms with Crippen molar-refractivity contribution in [2.24, 2.45) is 5.73 Å². The molecule has 4 nitrogen and oxygen atoms in total. The zero-order valence-electron chi connectivity index (χ0n) is 12.5. The number of carbonyl (C=O) groups excluding carboxylic acids is 1. The molecular weight excluding hydrogens is 264 g/mol. The highest BCUT2D eigenvalue weighted by Crippen LogP contribution is 2.33. The number of benzene rings is 1. The van der Waals surface area contributed by atoms with E-state index in [1.54, 1.807) is 0 Å². The Hall–Kier alpha value is -1.39. The maximum atomic E-state index is 12.6. The van der Waals surface area contributed by atoms with E-state index in [1.807, 2.05) is 29.2 Å². The van der Waals surface area contributed by atoms with E-state index < -0.39 is 0 Å². The van der Waals surface area contributed by atoms with Crippen molar-refractivity contribution in [1.29, 1.82) is 0 Å². The summed E-state index contributed by atoms with van der Waals surface area (Å²) in [5, 5.41) is 0. The van der Waals surface area contributed by atoms with Crippen LogP contribution in [0.2, 0.25) is 0 Å². The van der Waals surface area contributed by atoms with Gasteiger partial charge in [0.2, 0.25) is 5.91 Å². The third-order valence-electron chi connectivity index (χ3n) is 4.34. The minimum absolute atomic E-state index is 0.230. The van der Waals surface area contributed by atoms with Crippen molar-refractivity contribution < 1.29 is 9.53 Å². The highest BCUT2D eigenvalue weighted by Gasteiger charge is 2.33. The molecule has 2 N–H and O–H groups in total. The second-order valence-electron chi connectivity index (χ2n) is 6.04. The van der Waals surface area contributed by atoms with Gasteiger partial charge < -0.3 is 15.4 Å². The Bertz CT molecular complexity index is 476. The first-order chi connectivity index (χ1) is 10.3. The van der Waals surface area contributed by atoms with E-state index in [2.05, 4.69) is 0 Å². The number of ether oxygens (including phenoxy) is 1. The molecule has 3 rings (SSSR count). The van der Waals surface area contributed by atoms with E-state index in [9.17, 15) is 4.79 Å². The number of hydrogen-bond donors (Lipinski definition) is 1. The summed E-state index contributed by atoms with van der Waals surface area (Å²) in [7, 11) is 0. The molecule has 1 aliphatic heterocycles. The van der Waals surface area contributed by atoms with Gasteiger partial charge in [-0.15, -0.1) is 0 Å². The molecule has 1 aliphatic carbocycles. The molecule has 1 unspecified atom stereocenters. The van der Waals surface area contributed by atoms with Crippen molar-refractivity contribution in [1.82, 2.24) is 0 Å². The first kappa shape index (κ1) is 14.5. The Morgan fingerprint density at radius 3 is 2.57 bits per heavy atom. The van der Waals surface area contributed by atoms with Crippen LogP contribution in [-0.4, -0.2) is 24.7 Å². The maximum Gasteiger partial charge on any atom is 0.227 e. The smallest absolute Gasteiger partial charge is 0.227 e. The van der Waals surface area contributed by atoms with Gasteiger partial charge in [0.1, 0.15) is 0 Å². The van der Waals surface area contributed by atoms with Crippen LogP contribution >= 0.6 is 0 Å². The molecule has 1 aromatic carbocycles. The number of nitrogens with two attached hydrogens (primary N) is 1. The van der Waals surface area contributed by atoms with Gasteiger partial charge in [-0.25, -0.2) is 0 Å². The molecule has 0 bridgehead atoms. The molecule has 0 aromatic heterocycles. The SMILES string of the molecule is NCc1ccc(N(C(=O)CCC2CCCO2)C2CC2)cc1. The summed E-state index contributed by atoms with van der Waals surface area (Å²) >= 11 is 0. The minimum atomic E-state index is 0.230. The van der Waals surface area contributed by atoms with Crippen LogP contribution in [0.15, 0.2) is 24.3 Å². The third kappa shape index (κ3) is 3.63. The van der Waals surface area contributed by atoms with Gasteiger partial charge >= 0.3 is 0 Å². The molecule has 114 valence electrons. The summed E-state index contributed by atoms with van der Waals surface area (Å²) in [6.45, 7) is 1.39. The summed E-state index contributed by atoms with van der Waals surface area (Å²) in [6.07, 6.45) is 6.18. The van der Waals surface area contributed by atoms with Crippen molar-refractivity contribution in [2.75, 3.05) is 11.5 Å². The topological polar surface area (TPSA) is 55.6 Å². The highest BCUT2D eigenvalue weighted by atomic mass is 16.5. The lowest BCUT2D eigenvalue weighted by Crippen LogP contribution is -2.33. The van der Waals surface area contributed by atoms with E-state index in [0.29, 0.717) is 19.0 Å². The van der Waals surface area contributed by atoms with Crippen LogP contribution in [0.4, 0.5) is 5.69 Å². The number of amides is 1. The molecule has 0 radical (unpaired) electrons. The van der Waals surface area contributed by atoms with Gasteiger partial charge in [0.25, 0.3) is 0 Å². The van der Waals surface area contributed by atoms with Crippen LogP contribution in [0.1, 0.15) is 44.1 Å². The molecule has 1 heterocycles. The van der Waals surface area contributed by atoms with Gasteiger partial charge in [-0.1, -0.05) is 12.1 Å². The zero-order valence-corrected chi connectivity index (χ0v) is 12.5. The fraction of sp³-hybridized carbons (Fsp3) is 0.588. The average Bonchev–Trinajstić information content (AvgIpc) is 3.20. The Balaban J connectivity index is 1.63. The summed E-state index contributed by atoms with van der Waals surface area (Å²) in [6, 6.07) is 8.45. The number of nitrogens with zero attached hydrogens (tertiary/aromatic N) is 1. The average molecular weight is 288 g/mol. The van der Waals surface area contributed by atoms with Crippen molar-refractivity contribution in [2.45, 2.75) is 57.2 Å². The second-order valence-corrected chi connectivity index (χ2v) is 6.04. The van der Waals surface area contributed by atoms with Crippen LogP contribution < -0.4 is 10.6 Å². The monoisotopic (exact) mass is 288 g/mol. The number of rotatable bonds is 6. The lowest BCUT2D eigenvalue weighted by atomic mass is 10.1. The Morgan fingerprint density at radius 1 is 1.24 bits per heavy atom. The second kappa shape index (κ2) is 6.58. The summed E-state index contributed by atoms with van der Waals surface area (Å²) in [4.78, 5) is 14.6. The van der Waals surface area contributed by atoms with E-state index in [1.165, 1.54) is 0 Å². The molecule has 2 aliphatic rings. The molecule has 1 atom stereocenters. The van der Waals surface area contributed by atoms with E-state index in [4.69, 9.17) is 10.5 Å². The molecule has 2 fully saturated rings. The summed E-state index contributed by atoms with van der Waals surface area (Å²) < 4.78 is 5.61. The molecule has 1 aromatic rings. The van der Waals surface area contributed by atoms with Gasteiger partial charge in [-0.05, 0) is 49.8 Å². The van der Waals surface area contributed by atoms with Crippen LogP contribution in [0.25, 0.3) is 0 Å². The van der Waals surface area contributed by atoms with Crippen LogP contribution in [-0.2, 0) is 16.1 Å². The number of carbonyl (C=O) groups is 1. The van der Waals surface area contributed by atoms with Crippen molar-refractivity contribution in [3.05, 3.63) is 29.8 Å².